The maximum absolute atomic E-state index is 14.3. The van der Waals surface area contributed by atoms with Gasteiger partial charge in [0.05, 0.1) is 17.5 Å². The molecule has 0 radical (unpaired) electrons. The smallest absolute Gasteiger partial charge is 0.393 e. The molecule has 2 saturated carbocycles. The number of pyridine rings is 1. The third kappa shape index (κ3) is 6.27. The summed E-state index contributed by atoms with van der Waals surface area (Å²) >= 11 is 0.562. The van der Waals surface area contributed by atoms with E-state index in [0.717, 1.165) is 17.2 Å². The van der Waals surface area contributed by atoms with E-state index >= 15 is 0 Å². The zero-order chi connectivity index (χ0) is 29.9. The maximum atomic E-state index is 14.3. The van der Waals surface area contributed by atoms with Gasteiger partial charge in [-0.25, -0.2) is 27.5 Å². The molecule has 5 rings (SSSR count). The largest absolute Gasteiger partial charge is 0.408 e. The highest BCUT2D eigenvalue weighted by Gasteiger charge is 2.49. The predicted octanol–water partition coefficient (Wildman–Crippen LogP) is 5.02. The highest BCUT2D eigenvalue weighted by atomic mass is 32.1. The number of hydrogen-bond acceptors (Lipinski definition) is 7. The van der Waals surface area contributed by atoms with Crippen molar-refractivity contribution in [2.45, 2.75) is 81.8 Å². The van der Waals surface area contributed by atoms with Gasteiger partial charge in [-0.05, 0) is 44.6 Å². The molecule has 2 aromatic rings. The van der Waals surface area contributed by atoms with Gasteiger partial charge in [0.1, 0.15) is 17.6 Å². The van der Waals surface area contributed by atoms with Crippen LogP contribution in [0.1, 0.15) is 71.3 Å². The average molecular weight is 610 g/mol. The van der Waals surface area contributed by atoms with E-state index in [2.05, 4.69) is 20.6 Å². The number of likely N-dealkylation sites (tertiary alicyclic amines) is 1. The number of halogens is 7. The molecule has 2 amide bonds. The minimum Gasteiger partial charge on any atom is -0.393 e. The lowest BCUT2D eigenvalue weighted by Gasteiger charge is -2.31. The van der Waals surface area contributed by atoms with Crippen molar-refractivity contribution in [3.8, 4) is 10.4 Å². The van der Waals surface area contributed by atoms with Crippen molar-refractivity contribution < 1.29 is 45.4 Å². The van der Waals surface area contributed by atoms with Gasteiger partial charge in [-0.15, -0.1) is 11.3 Å². The average Bonchev–Trinajstić information content (AvgIpc) is 3.52. The Kier molecular flexibility index (Phi) is 7.68. The molecule has 3 aliphatic rings. The summed E-state index contributed by atoms with van der Waals surface area (Å²) in [4.78, 5) is 34.8. The number of amides is 2. The van der Waals surface area contributed by atoms with Gasteiger partial charge in [-0.2, -0.15) is 13.2 Å². The SMILES string of the molecule is C[C@H]1CC(F)(F)CN1C(=O)c1nc(C(=O)NC2CC(O)C2)sc1-c1cnc(N[C@@H](C2CC2)C(F)(F)F)cc1C(F)F. The minimum absolute atomic E-state index is 0.250. The molecule has 0 aromatic carbocycles. The van der Waals surface area contributed by atoms with E-state index in [1.165, 1.54) is 6.92 Å². The van der Waals surface area contributed by atoms with Gasteiger partial charge < -0.3 is 20.6 Å². The summed E-state index contributed by atoms with van der Waals surface area (Å²) in [5.41, 5.74) is -1.65. The monoisotopic (exact) mass is 609 g/mol. The van der Waals surface area contributed by atoms with Crippen molar-refractivity contribution >= 4 is 29.0 Å². The fourth-order valence-corrected chi connectivity index (χ4v) is 6.09. The third-order valence-electron chi connectivity index (χ3n) is 7.43. The highest BCUT2D eigenvalue weighted by Crippen LogP contribution is 2.43. The zero-order valence-corrected chi connectivity index (χ0v) is 22.3. The Morgan fingerprint density at radius 3 is 2.44 bits per heavy atom. The van der Waals surface area contributed by atoms with E-state index in [-0.39, 0.29) is 34.3 Å². The fraction of sp³-hybridized carbons (Fsp3) is 0.600. The Balaban J connectivity index is 1.52. The van der Waals surface area contributed by atoms with Crippen LogP contribution in [0.5, 0.6) is 0 Å². The molecule has 3 fully saturated rings. The first-order valence-corrected chi connectivity index (χ1v) is 13.7. The summed E-state index contributed by atoms with van der Waals surface area (Å²) in [6.45, 7) is 0.457. The normalized spacial score (nSPS) is 24.7. The van der Waals surface area contributed by atoms with E-state index in [4.69, 9.17) is 0 Å². The third-order valence-corrected chi connectivity index (χ3v) is 8.51. The van der Waals surface area contributed by atoms with Crippen molar-refractivity contribution in [3.63, 3.8) is 0 Å². The van der Waals surface area contributed by atoms with E-state index in [0.29, 0.717) is 24.2 Å². The number of anilines is 1. The molecule has 0 spiro atoms. The number of nitrogens with one attached hydrogen (secondary N) is 2. The van der Waals surface area contributed by atoms with Gasteiger partial charge in [0, 0.05) is 35.8 Å². The number of aliphatic hydroxyl groups excluding tert-OH is 1. The zero-order valence-electron chi connectivity index (χ0n) is 21.5. The molecule has 1 saturated heterocycles. The van der Waals surface area contributed by atoms with Crippen LogP contribution in [0, 0.1) is 5.92 Å². The van der Waals surface area contributed by atoms with Gasteiger partial charge in [0.2, 0.25) is 0 Å². The van der Waals surface area contributed by atoms with Crippen molar-refractivity contribution in [2.24, 2.45) is 5.92 Å². The lowest BCUT2D eigenvalue weighted by Crippen LogP contribution is -2.46. The molecular weight excluding hydrogens is 583 g/mol. The van der Waals surface area contributed by atoms with Crippen LogP contribution in [-0.4, -0.2) is 74.7 Å². The number of rotatable bonds is 8. The number of nitrogens with zero attached hydrogens (tertiary/aromatic N) is 3. The highest BCUT2D eigenvalue weighted by molar-refractivity contribution is 7.17. The molecule has 16 heteroatoms. The van der Waals surface area contributed by atoms with Crippen LogP contribution in [0.3, 0.4) is 0 Å². The van der Waals surface area contributed by atoms with E-state index in [1.807, 2.05) is 0 Å². The first kappa shape index (κ1) is 29.5. The van der Waals surface area contributed by atoms with E-state index < -0.39 is 84.5 Å². The molecule has 3 heterocycles. The van der Waals surface area contributed by atoms with Crippen LogP contribution >= 0.6 is 11.3 Å². The first-order chi connectivity index (χ1) is 19.1. The van der Waals surface area contributed by atoms with Crippen molar-refractivity contribution in [3.05, 3.63) is 28.5 Å². The van der Waals surface area contributed by atoms with E-state index in [1.54, 1.807) is 0 Å². The second kappa shape index (κ2) is 10.7. The lowest BCUT2D eigenvalue weighted by atomic mass is 9.89. The Morgan fingerprint density at radius 1 is 1.22 bits per heavy atom. The van der Waals surface area contributed by atoms with Gasteiger partial charge in [0.25, 0.3) is 24.2 Å². The summed E-state index contributed by atoms with van der Waals surface area (Å²) < 4.78 is 97.2. The number of alkyl halides is 7. The molecule has 1 aliphatic heterocycles. The summed E-state index contributed by atoms with van der Waals surface area (Å²) in [7, 11) is 0. The van der Waals surface area contributed by atoms with Crippen molar-refractivity contribution in [2.75, 3.05) is 11.9 Å². The van der Waals surface area contributed by atoms with Gasteiger partial charge in [-0.3, -0.25) is 9.59 Å². The molecule has 2 aromatic heterocycles. The van der Waals surface area contributed by atoms with Gasteiger partial charge in [-0.1, -0.05) is 0 Å². The van der Waals surface area contributed by atoms with Gasteiger partial charge in [0.15, 0.2) is 5.01 Å². The second-order valence-electron chi connectivity index (χ2n) is 10.8. The molecule has 3 N–H and O–H groups in total. The predicted molar refractivity (Wildman–Crippen MR) is 133 cm³/mol. The number of carbonyl (C=O) groups excluding carboxylic acids is 2. The summed E-state index contributed by atoms with van der Waals surface area (Å²) in [5.74, 6) is -6.11. The number of aromatic nitrogens is 2. The summed E-state index contributed by atoms with van der Waals surface area (Å²) in [6, 6.07) is -2.53. The van der Waals surface area contributed by atoms with Crippen LogP contribution < -0.4 is 10.6 Å². The lowest BCUT2D eigenvalue weighted by molar-refractivity contribution is -0.146. The summed E-state index contributed by atoms with van der Waals surface area (Å²) in [5, 5.41) is 14.0. The second-order valence-corrected chi connectivity index (χ2v) is 11.8. The Morgan fingerprint density at radius 2 is 1.90 bits per heavy atom. The van der Waals surface area contributed by atoms with Crippen LogP contribution in [0.4, 0.5) is 36.6 Å². The molecular formula is C25H26F7N5O3S. The standard InChI is InChI=1S/C25H26F7N5O3S/c1-10-7-24(28,29)9-37(10)23(40)17-18(41-22(36-17)21(39)34-12-4-13(38)5-12)15-8-33-16(6-14(15)20(26)27)35-19(11-2-3-11)25(30,31)32/h6,8,10-13,19-20,38H,2-5,7,9H2,1H3,(H,33,35)(H,34,39)/t10-,12?,13?,19-/m0/s1. The molecule has 41 heavy (non-hydrogen) atoms. The van der Waals surface area contributed by atoms with Gasteiger partial charge >= 0.3 is 6.18 Å². The number of thiazole rings is 1. The Bertz CT molecular complexity index is 1330. The van der Waals surface area contributed by atoms with Crippen LogP contribution in [0.2, 0.25) is 0 Å². The quantitative estimate of drug-likeness (QED) is 0.363. The summed E-state index contributed by atoms with van der Waals surface area (Å²) in [6.07, 6.45) is -7.02. The minimum atomic E-state index is -4.64. The fourth-order valence-electron chi connectivity index (χ4n) is 5.09. The van der Waals surface area contributed by atoms with Crippen molar-refractivity contribution in [1.82, 2.24) is 20.2 Å². The number of aliphatic hydroxyl groups is 1. The van der Waals surface area contributed by atoms with Crippen LogP contribution in [0.25, 0.3) is 10.4 Å². The van der Waals surface area contributed by atoms with Crippen LogP contribution in [0.15, 0.2) is 12.3 Å². The Hall–Kier alpha value is -3.01. The molecule has 2 atom stereocenters. The van der Waals surface area contributed by atoms with Crippen LogP contribution in [-0.2, 0) is 0 Å². The number of carbonyl (C=O) groups is 2. The first-order valence-electron chi connectivity index (χ1n) is 12.9. The molecule has 0 bridgehead atoms. The Labute approximate surface area is 233 Å². The van der Waals surface area contributed by atoms with Crippen molar-refractivity contribution in [1.29, 1.82) is 0 Å². The maximum Gasteiger partial charge on any atom is 0.408 e. The molecule has 8 nitrogen and oxygen atoms in total. The van der Waals surface area contributed by atoms with E-state index in [9.17, 15) is 45.4 Å². The molecule has 0 unspecified atom stereocenters. The topological polar surface area (TPSA) is 107 Å². The molecule has 2 aliphatic carbocycles. The number of hydrogen-bond donors (Lipinski definition) is 3. The molecule has 224 valence electrons.